The summed E-state index contributed by atoms with van der Waals surface area (Å²) in [4.78, 5) is 14.6. The molecular weight excluding hydrogens is 322 g/mol. The number of benzene rings is 1. The molecule has 0 radical (unpaired) electrons. The lowest BCUT2D eigenvalue weighted by atomic mass is 10.2. The van der Waals surface area contributed by atoms with Crippen LogP contribution in [0.2, 0.25) is 0 Å². The van der Waals surface area contributed by atoms with Crippen LogP contribution in [0.25, 0.3) is 0 Å². The number of aromatic nitrogens is 1. The number of carbonyl (C=O) groups is 1. The van der Waals surface area contributed by atoms with Crippen molar-refractivity contribution in [2.24, 2.45) is 0 Å². The van der Waals surface area contributed by atoms with Crippen LogP contribution in [0.15, 0.2) is 34.9 Å². The highest BCUT2D eigenvalue weighted by atomic mass is 79.9. The van der Waals surface area contributed by atoms with Crippen molar-refractivity contribution in [1.29, 1.82) is 0 Å². The maximum atomic E-state index is 13.6. The Morgan fingerprint density at radius 2 is 1.89 bits per heavy atom. The number of nitrogens with zero attached hydrogens (tertiary/aromatic N) is 1. The van der Waals surface area contributed by atoms with Crippen LogP contribution < -0.4 is 5.32 Å². The summed E-state index contributed by atoms with van der Waals surface area (Å²) in [5.41, 5.74) is -0.423. The van der Waals surface area contributed by atoms with Crippen LogP contribution in [0.5, 0.6) is 0 Å². The standard InChI is InChI=1S/C12H7BrF2N2O2/c13-7-4-8(14)11(9(15)5-7)17-10-3-6(12(18)19)1-2-16-10/h1-5H,(H,16,17)(H,18,19). The second kappa shape index (κ2) is 5.31. The van der Waals surface area contributed by atoms with E-state index < -0.39 is 23.3 Å². The zero-order chi connectivity index (χ0) is 14.0. The van der Waals surface area contributed by atoms with Gasteiger partial charge in [-0.05, 0) is 24.3 Å². The largest absolute Gasteiger partial charge is 0.478 e. The van der Waals surface area contributed by atoms with Crippen LogP contribution in [0.3, 0.4) is 0 Å². The molecule has 0 amide bonds. The van der Waals surface area contributed by atoms with Crippen molar-refractivity contribution < 1.29 is 18.7 Å². The molecule has 0 unspecified atom stereocenters. The summed E-state index contributed by atoms with van der Waals surface area (Å²) in [6, 6.07) is 4.64. The number of aromatic carboxylic acids is 1. The summed E-state index contributed by atoms with van der Waals surface area (Å²) in [5.74, 6) is -2.73. The monoisotopic (exact) mass is 328 g/mol. The van der Waals surface area contributed by atoms with Crippen molar-refractivity contribution >= 4 is 33.4 Å². The molecule has 0 fully saturated rings. The third-order valence-corrected chi connectivity index (χ3v) is 2.72. The fraction of sp³-hybridized carbons (Fsp3) is 0. The number of carboxylic acids is 1. The van der Waals surface area contributed by atoms with Gasteiger partial charge in [0.25, 0.3) is 0 Å². The van der Waals surface area contributed by atoms with E-state index in [0.717, 1.165) is 12.1 Å². The maximum absolute atomic E-state index is 13.6. The molecule has 0 aliphatic carbocycles. The van der Waals surface area contributed by atoms with Gasteiger partial charge in [-0.2, -0.15) is 0 Å². The van der Waals surface area contributed by atoms with Crippen molar-refractivity contribution in [2.75, 3.05) is 5.32 Å². The molecule has 7 heteroatoms. The molecule has 1 heterocycles. The van der Waals surface area contributed by atoms with Gasteiger partial charge in [0, 0.05) is 10.7 Å². The highest BCUT2D eigenvalue weighted by molar-refractivity contribution is 9.10. The van der Waals surface area contributed by atoms with Gasteiger partial charge in [0.1, 0.15) is 11.5 Å². The molecule has 4 nitrogen and oxygen atoms in total. The van der Waals surface area contributed by atoms with Crippen LogP contribution in [-0.2, 0) is 0 Å². The summed E-state index contributed by atoms with van der Waals surface area (Å²) in [6.07, 6.45) is 1.24. The van der Waals surface area contributed by atoms with E-state index in [1.165, 1.54) is 18.3 Å². The van der Waals surface area contributed by atoms with E-state index in [4.69, 9.17) is 5.11 Å². The van der Waals surface area contributed by atoms with Crippen LogP contribution >= 0.6 is 15.9 Å². The van der Waals surface area contributed by atoms with E-state index >= 15 is 0 Å². The minimum Gasteiger partial charge on any atom is -0.478 e. The highest BCUT2D eigenvalue weighted by Crippen LogP contribution is 2.26. The third-order valence-electron chi connectivity index (χ3n) is 2.27. The molecule has 2 N–H and O–H groups in total. The van der Waals surface area contributed by atoms with Gasteiger partial charge >= 0.3 is 5.97 Å². The Bertz CT molecular complexity index is 626. The van der Waals surface area contributed by atoms with Gasteiger partial charge in [-0.3, -0.25) is 0 Å². The van der Waals surface area contributed by atoms with Crippen molar-refractivity contribution in [1.82, 2.24) is 4.98 Å². The zero-order valence-corrected chi connectivity index (χ0v) is 10.9. The number of hydrogen-bond donors (Lipinski definition) is 2. The SMILES string of the molecule is O=C(O)c1ccnc(Nc2c(F)cc(Br)cc2F)c1. The predicted octanol–water partition coefficient (Wildman–Crippen LogP) is 3.56. The van der Waals surface area contributed by atoms with Crippen LogP contribution in [0, 0.1) is 11.6 Å². The highest BCUT2D eigenvalue weighted by Gasteiger charge is 2.12. The van der Waals surface area contributed by atoms with Crippen molar-refractivity contribution in [3.8, 4) is 0 Å². The minimum absolute atomic E-state index is 0.0320. The first-order chi connectivity index (χ1) is 8.97. The molecule has 0 aliphatic heterocycles. The molecule has 19 heavy (non-hydrogen) atoms. The summed E-state index contributed by atoms with van der Waals surface area (Å²) in [7, 11) is 0. The number of hydrogen-bond acceptors (Lipinski definition) is 3. The van der Waals surface area contributed by atoms with E-state index in [0.29, 0.717) is 0 Å². The van der Waals surface area contributed by atoms with Gasteiger partial charge in [0.2, 0.25) is 0 Å². The summed E-state index contributed by atoms with van der Waals surface area (Å²) in [6.45, 7) is 0. The number of pyridine rings is 1. The van der Waals surface area contributed by atoms with Crippen LogP contribution in [0.1, 0.15) is 10.4 Å². The predicted molar refractivity (Wildman–Crippen MR) is 68.5 cm³/mol. The van der Waals surface area contributed by atoms with Crippen molar-refractivity contribution in [2.45, 2.75) is 0 Å². The molecular formula is C12H7BrF2N2O2. The first-order valence-corrected chi connectivity index (χ1v) is 5.87. The Labute approximate surface area is 115 Å². The Morgan fingerprint density at radius 1 is 1.26 bits per heavy atom. The fourth-order valence-corrected chi connectivity index (χ4v) is 1.82. The lowest BCUT2D eigenvalue weighted by Crippen LogP contribution is -2.02. The van der Waals surface area contributed by atoms with E-state index in [2.05, 4.69) is 26.2 Å². The van der Waals surface area contributed by atoms with Gasteiger partial charge in [0.15, 0.2) is 11.6 Å². The molecule has 0 saturated heterocycles. The van der Waals surface area contributed by atoms with Crippen LogP contribution in [0.4, 0.5) is 20.3 Å². The summed E-state index contributed by atoms with van der Waals surface area (Å²) in [5, 5.41) is 11.2. The molecule has 0 spiro atoms. The molecule has 0 saturated carbocycles. The van der Waals surface area contributed by atoms with E-state index in [1.54, 1.807) is 0 Å². The third kappa shape index (κ3) is 3.05. The van der Waals surface area contributed by atoms with E-state index in [9.17, 15) is 13.6 Å². The number of nitrogens with one attached hydrogen (secondary N) is 1. The molecule has 1 aromatic heterocycles. The Hall–Kier alpha value is -2.02. The molecule has 0 atom stereocenters. The summed E-state index contributed by atoms with van der Waals surface area (Å²) < 4.78 is 27.4. The average molecular weight is 329 g/mol. The Morgan fingerprint density at radius 3 is 2.47 bits per heavy atom. The lowest BCUT2D eigenvalue weighted by Gasteiger charge is -2.08. The topological polar surface area (TPSA) is 62.2 Å². The van der Waals surface area contributed by atoms with Gasteiger partial charge < -0.3 is 10.4 Å². The quantitative estimate of drug-likeness (QED) is 0.904. The minimum atomic E-state index is -1.15. The second-order valence-corrected chi connectivity index (χ2v) is 4.52. The van der Waals surface area contributed by atoms with Crippen molar-refractivity contribution in [3.63, 3.8) is 0 Å². The number of anilines is 2. The first-order valence-electron chi connectivity index (χ1n) is 5.08. The van der Waals surface area contributed by atoms with Gasteiger partial charge in [0.05, 0.1) is 5.56 Å². The summed E-state index contributed by atoms with van der Waals surface area (Å²) >= 11 is 2.96. The number of halogens is 3. The van der Waals surface area contributed by atoms with Gasteiger partial charge in [-0.25, -0.2) is 18.6 Å². The number of carboxylic acid groups (broad SMARTS) is 1. The zero-order valence-electron chi connectivity index (χ0n) is 9.32. The van der Waals surface area contributed by atoms with Crippen molar-refractivity contribution in [3.05, 3.63) is 52.1 Å². The maximum Gasteiger partial charge on any atom is 0.335 e. The molecule has 98 valence electrons. The number of rotatable bonds is 3. The molecule has 1 aromatic carbocycles. The first kappa shape index (κ1) is 13.4. The molecule has 0 bridgehead atoms. The lowest BCUT2D eigenvalue weighted by molar-refractivity contribution is 0.0697. The van der Waals surface area contributed by atoms with Gasteiger partial charge in [-0.1, -0.05) is 15.9 Å². The van der Waals surface area contributed by atoms with E-state index in [1.807, 2.05) is 0 Å². The molecule has 0 aliphatic rings. The second-order valence-electron chi connectivity index (χ2n) is 3.60. The Kier molecular flexibility index (Phi) is 3.75. The smallest absolute Gasteiger partial charge is 0.335 e. The molecule has 2 rings (SSSR count). The van der Waals surface area contributed by atoms with Crippen LogP contribution in [-0.4, -0.2) is 16.1 Å². The average Bonchev–Trinajstić information content (AvgIpc) is 2.34. The van der Waals surface area contributed by atoms with Gasteiger partial charge in [-0.15, -0.1) is 0 Å². The Balaban J connectivity index is 2.36. The fourth-order valence-electron chi connectivity index (χ4n) is 1.42. The van der Waals surface area contributed by atoms with E-state index in [-0.39, 0.29) is 15.9 Å². The normalized spacial score (nSPS) is 10.3. The molecule has 2 aromatic rings.